The van der Waals surface area contributed by atoms with Gasteiger partial charge in [-0.1, -0.05) is 25.1 Å². The lowest BCUT2D eigenvalue weighted by molar-refractivity contribution is 0.588. The number of anilines is 3. The summed E-state index contributed by atoms with van der Waals surface area (Å²) in [7, 11) is -2.21. The van der Waals surface area contributed by atoms with Crippen molar-refractivity contribution in [1.82, 2.24) is 4.72 Å². The van der Waals surface area contributed by atoms with Crippen molar-refractivity contribution in [2.75, 3.05) is 18.1 Å². The largest absolute Gasteiger partial charge is 0.399 e. The van der Waals surface area contributed by atoms with Gasteiger partial charge in [0.15, 0.2) is 0 Å². The van der Waals surface area contributed by atoms with E-state index >= 15 is 0 Å². The summed E-state index contributed by atoms with van der Waals surface area (Å²) in [6, 6.07) is 12.6. The second kappa shape index (κ2) is 6.15. The summed E-state index contributed by atoms with van der Waals surface area (Å²) >= 11 is 0. The van der Waals surface area contributed by atoms with E-state index in [9.17, 15) is 8.42 Å². The first-order valence-electron chi connectivity index (χ1n) is 6.66. The maximum atomic E-state index is 12.1. The molecule has 5 nitrogen and oxygen atoms in total. The van der Waals surface area contributed by atoms with Crippen LogP contribution in [0.4, 0.5) is 17.1 Å². The summed E-state index contributed by atoms with van der Waals surface area (Å²) < 4.78 is 26.5. The minimum Gasteiger partial charge on any atom is -0.399 e. The molecule has 0 atom stereocenters. The molecule has 2 rings (SSSR count). The van der Waals surface area contributed by atoms with E-state index < -0.39 is 10.0 Å². The van der Waals surface area contributed by atoms with Crippen LogP contribution in [0.3, 0.4) is 0 Å². The van der Waals surface area contributed by atoms with Gasteiger partial charge in [-0.3, -0.25) is 0 Å². The lowest BCUT2D eigenvalue weighted by atomic mass is 10.1. The van der Waals surface area contributed by atoms with E-state index in [1.807, 2.05) is 24.3 Å². The Kier molecular flexibility index (Phi) is 4.50. The van der Waals surface area contributed by atoms with Crippen molar-refractivity contribution in [3.63, 3.8) is 0 Å². The summed E-state index contributed by atoms with van der Waals surface area (Å²) in [5, 5.41) is 3.18. The Morgan fingerprint density at radius 2 is 1.81 bits per heavy atom. The molecule has 6 heteroatoms. The quantitative estimate of drug-likeness (QED) is 0.741. The second-order valence-corrected chi connectivity index (χ2v) is 6.45. The molecule has 0 aromatic heterocycles. The van der Waals surface area contributed by atoms with Gasteiger partial charge >= 0.3 is 0 Å². The molecule has 4 N–H and O–H groups in total. The number of sulfonamides is 1. The molecule has 0 saturated carbocycles. The highest BCUT2D eigenvalue weighted by Gasteiger charge is 2.17. The molecule has 0 radical (unpaired) electrons. The second-order valence-electron chi connectivity index (χ2n) is 4.60. The van der Waals surface area contributed by atoms with Gasteiger partial charge in [-0.05, 0) is 43.3 Å². The zero-order valence-corrected chi connectivity index (χ0v) is 12.9. The van der Waals surface area contributed by atoms with Crippen LogP contribution >= 0.6 is 0 Å². The molecular formula is C15H19N3O2S. The molecule has 0 aliphatic rings. The van der Waals surface area contributed by atoms with Gasteiger partial charge in [0.25, 0.3) is 0 Å². The summed E-state index contributed by atoms with van der Waals surface area (Å²) in [5.41, 5.74) is 8.61. The van der Waals surface area contributed by atoms with Crippen molar-refractivity contribution in [3.05, 3.63) is 48.0 Å². The zero-order valence-electron chi connectivity index (χ0n) is 12.1. The topological polar surface area (TPSA) is 84.2 Å². The van der Waals surface area contributed by atoms with Crippen LogP contribution in [-0.4, -0.2) is 15.5 Å². The average Bonchev–Trinajstić information content (AvgIpc) is 2.49. The normalized spacial score (nSPS) is 11.3. The predicted octanol–water partition coefficient (Wildman–Crippen LogP) is 2.48. The molecule has 0 heterocycles. The van der Waals surface area contributed by atoms with Gasteiger partial charge in [0.1, 0.15) is 4.90 Å². The first-order chi connectivity index (χ1) is 9.97. The van der Waals surface area contributed by atoms with Gasteiger partial charge in [0.05, 0.1) is 5.69 Å². The van der Waals surface area contributed by atoms with Crippen molar-refractivity contribution in [1.29, 1.82) is 0 Å². The molecule has 0 aliphatic carbocycles. The third-order valence-corrected chi connectivity index (χ3v) is 4.69. The first kappa shape index (κ1) is 15.3. The van der Waals surface area contributed by atoms with E-state index in [1.54, 1.807) is 12.1 Å². The molecule has 0 bridgehead atoms. The van der Waals surface area contributed by atoms with Crippen LogP contribution in [0.25, 0.3) is 0 Å². The molecule has 112 valence electrons. The highest BCUT2D eigenvalue weighted by molar-refractivity contribution is 7.89. The molecular weight excluding hydrogens is 286 g/mol. The maximum absolute atomic E-state index is 12.1. The van der Waals surface area contributed by atoms with Crippen LogP contribution in [0.15, 0.2) is 47.4 Å². The molecule has 0 amide bonds. The van der Waals surface area contributed by atoms with Gasteiger partial charge < -0.3 is 11.1 Å². The Balaban J connectivity index is 2.50. The number of nitrogen functional groups attached to an aromatic ring is 1. The van der Waals surface area contributed by atoms with Crippen LogP contribution in [0, 0.1) is 0 Å². The molecule has 0 unspecified atom stereocenters. The van der Waals surface area contributed by atoms with Gasteiger partial charge in [-0.15, -0.1) is 0 Å². The molecule has 0 spiro atoms. The van der Waals surface area contributed by atoms with Crippen LogP contribution < -0.4 is 15.8 Å². The summed E-state index contributed by atoms with van der Waals surface area (Å²) in [6.07, 6.45) is 0.853. The highest BCUT2D eigenvalue weighted by Crippen LogP contribution is 2.28. The van der Waals surface area contributed by atoms with Crippen molar-refractivity contribution in [2.24, 2.45) is 0 Å². The Hall–Kier alpha value is -2.05. The Bertz CT molecular complexity index is 742. The van der Waals surface area contributed by atoms with Crippen molar-refractivity contribution in [2.45, 2.75) is 18.2 Å². The number of nitrogens with two attached hydrogens (primary N) is 1. The lowest BCUT2D eigenvalue weighted by Crippen LogP contribution is -2.20. The Labute approximate surface area is 125 Å². The van der Waals surface area contributed by atoms with E-state index in [0.717, 1.165) is 17.7 Å². The SMILES string of the molecule is CCc1ccccc1Nc1ccc(N)cc1S(=O)(=O)NC. The third kappa shape index (κ3) is 3.34. The number of rotatable bonds is 5. The van der Waals surface area contributed by atoms with E-state index in [1.165, 1.54) is 13.1 Å². The highest BCUT2D eigenvalue weighted by atomic mass is 32.2. The van der Waals surface area contributed by atoms with Gasteiger partial charge in [0, 0.05) is 11.4 Å². The monoisotopic (exact) mass is 305 g/mol. The first-order valence-corrected chi connectivity index (χ1v) is 8.14. The van der Waals surface area contributed by atoms with Crippen molar-refractivity contribution < 1.29 is 8.42 Å². The van der Waals surface area contributed by atoms with Crippen LogP contribution in [-0.2, 0) is 16.4 Å². The predicted molar refractivity (Wildman–Crippen MR) is 86.2 cm³/mol. The van der Waals surface area contributed by atoms with Gasteiger partial charge in [-0.2, -0.15) is 0 Å². The van der Waals surface area contributed by atoms with Crippen molar-refractivity contribution >= 4 is 27.1 Å². The van der Waals surface area contributed by atoms with E-state index in [-0.39, 0.29) is 4.90 Å². The minimum atomic E-state index is -3.58. The molecule has 2 aromatic rings. The molecule has 0 fully saturated rings. The van der Waals surface area contributed by atoms with Crippen molar-refractivity contribution in [3.8, 4) is 0 Å². The number of benzene rings is 2. The minimum absolute atomic E-state index is 0.135. The van der Waals surface area contributed by atoms with Gasteiger partial charge in [0.2, 0.25) is 10.0 Å². The number of nitrogens with one attached hydrogen (secondary N) is 2. The summed E-state index contributed by atoms with van der Waals surface area (Å²) in [4.78, 5) is 0.135. The third-order valence-electron chi connectivity index (χ3n) is 3.23. The number of para-hydroxylation sites is 1. The lowest BCUT2D eigenvalue weighted by Gasteiger charge is -2.15. The van der Waals surface area contributed by atoms with Crippen LogP contribution in [0.1, 0.15) is 12.5 Å². The van der Waals surface area contributed by atoms with Crippen LogP contribution in [0.2, 0.25) is 0 Å². The fourth-order valence-electron chi connectivity index (χ4n) is 2.07. The Morgan fingerprint density at radius 1 is 1.10 bits per heavy atom. The Morgan fingerprint density at radius 3 is 2.48 bits per heavy atom. The fourth-order valence-corrected chi connectivity index (χ4v) is 2.99. The fraction of sp³-hybridized carbons (Fsp3) is 0.200. The summed E-state index contributed by atoms with van der Waals surface area (Å²) in [5.74, 6) is 0. The number of aryl methyl sites for hydroxylation is 1. The van der Waals surface area contributed by atoms with Gasteiger partial charge in [-0.25, -0.2) is 13.1 Å². The number of hydrogen-bond acceptors (Lipinski definition) is 4. The van der Waals surface area contributed by atoms with E-state index in [2.05, 4.69) is 17.0 Å². The van der Waals surface area contributed by atoms with E-state index in [4.69, 9.17) is 5.73 Å². The number of hydrogen-bond donors (Lipinski definition) is 3. The average molecular weight is 305 g/mol. The molecule has 0 saturated heterocycles. The molecule has 21 heavy (non-hydrogen) atoms. The standard InChI is InChI=1S/C15H19N3O2S/c1-3-11-6-4-5-7-13(11)18-14-9-8-12(16)10-15(14)21(19,20)17-2/h4-10,17-18H,3,16H2,1-2H3. The maximum Gasteiger partial charge on any atom is 0.242 e. The van der Waals surface area contributed by atoms with E-state index in [0.29, 0.717) is 11.4 Å². The van der Waals surface area contributed by atoms with Crippen LogP contribution in [0.5, 0.6) is 0 Å². The summed E-state index contributed by atoms with van der Waals surface area (Å²) in [6.45, 7) is 2.05. The zero-order chi connectivity index (χ0) is 15.5. The molecule has 0 aliphatic heterocycles. The smallest absolute Gasteiger partial charge is 0.242 e. The molecule has 2 aromatic carbocycles.